The van der Waals surface area contributed by atoms with Gasteiger partial charge in [0.05, 0.1) is 29.8 Å². The number of ether oxygens (including phenoxy) is 2. The molecule has 0 radical (unpaired) electrons. The average Bonchev–Trinajstić information content (AvgIpc) is 3.16. The van der Waals surface area contributed by atoms with Gasteiger partial charge in [0, 0.05) is 11.3 Å². The molecule has 2 aliphatic rings. The van der Waals surface area contributed by atoms with Crippen molar-refractivity contribution in [2.75, 3.05) is 12.4 Å². The minimum Gasteiger partial charge on any atom is -0.496 e. The quantitative estimate of drug-likeness (QED) is 0.591. The summed E-state index contributed by atoms with van der Waals surface area (Å²) in [6.07, 6.45) is 5.29. The number of aromatic nitrogens is 2. The number of carbonyl (C=O) groups is 1. The van der Waals surface area contributed by atoms with Crippen LogP contribution in [0.15, 0.2) is 59.8 Å². The number of benzene rings is 2. The molecule has 3 aromatic rings. The van der Waals surface area contributed by atoms with Crippen LogP contribution in [-0.2, 0) is 9.53 Å². The van der Waals surface area contributed by atoms with Crippen LogP contribution in [0.5, 0.6) is 5.75 Å². The number of imidazole rings is 1. The molecule has 1 aliphatic heterocycles. The highest BCUT2D eigenvalue weighted by atomic mass is 16.5. The van der Waals surface area contributed by atoms with Crippen molar-refractivity contribution >= 4 is 23.0 Å². The number of fused-ring (bicyclic) bond motifs is 3. The molecule has 0 amide bonds. The lowest BCUT2D eigenvalue weighted by Crippen LogP contribution is -2.31. The van der Waals surface area contributed by atoms with Gasteiger partial charge in [-0.2, -0.15) is 0 Å². The van der Waals surface area contributed by atoms with E-state index in [-0.39, 0.29) is 12.1 Å². The fraction of sp³-hybridized carbons (Fsp3) is 0.360. The summed E-state index contributed by atoms with van der Waals surface area (Å²) in [7, 11) is 1.66. The molecule has 6 nitrogen and oxygen atoms in total. The van der Waals surface area contributed by atoms with Crippen molar-refractivity contribution < 1.29 is 14.3 Å². The van der Waals surface area contributed by atoms with Gasteiger partial charge in [-0.1, -0.05) is 36.8 Å². The molecular formula is C25H27N3O3. The van der Waals surface area contributed by atoms with Gasteiger partial charge in [0.15, 0.2) is 0 Å². The van der Waals surface area contributed by atoms with E-state index in [4.69, 9.17) is 14.5 Å². The van der Waals surface area contributed by atoms with Gasteiger partial charge in [-0.3, -0.25) is 4.57 Å². The second-order valence-corrected chi connectivity index (χ2v) is 8.27. The minimum absolute atomic E-state index is 0.0132. The Morgan fingerprint density at radius 3 is 2.61 bits per heavy atom. The first-order chi connectivity index (χ1) is 15.2. The number of esters is 1. The highest BCUT2D eigenvalue weighted by molar-refractivity contribution is 5.94. The van der Waals surface area contributed by atoms with E-state index in [1.807, 2.05) is 55.5 Å². The van der Waals surface area contributed by atoms with Crippen molar-refractivity contribution in [3.05, 3.63) is 65.4 Å². The Kier molecular flexibility index (Phi) is 5.14. The number of allylic oxidation sites excluding steroid dienone is 1. The number of para-hydroxylation sites is 3. The monoisotopic (exact) mass is 417 g/mol. The standard InChI is InChI=1S/C25H27N3O3/c1-16-22(24(29)31-17-10-4-3-5-11-17)23(18-12-6-9-15-21(18)30-2)28-20-14-8-7-13-19(20)27-25(28)26-16/h6-9,12-15,17,23H,3-5,10-11H2,1-2H3,(H,26,27). The fourth-order valence-corrected chi connectivity index (χ4v) is 4.81. The van der Waals surface area contributed by atoms with E-state index in [9.17, 15) is 4.79 Å². The zero-order valence-electron chi connectivity index (χ0n) is 17.9. The Hall–Kier alpha value is -3.28. The van der Waals surface area contributed by atoms with Crippen LogP contribution >= 0.6 is 0 Å². The molecule has 1 atom stereocenters. The number of rotatable bonds is 4. The second-order valence-electron chi connectivity index (χ2n) is 8.27. The first-order valence-corrected chi connectivity index (χ1v) is 11.0. The van der Waals surface area contributed by atoms with Gasteiger partial charge in [0.1, 0.15) is 11.9 Å². The number of hydrogen-bond acceptors (Lipinski definition) is 5. The topological polar surface area (TPSA) is 65.4 Å². The fourth-order valence-electron chi connectivity index (χ4n) is 4.81. The van der Waals surface area contributed by atoms with Crippen molar-refractivity contribution in [1.29, 1.82) is 0 Å². The molecule has 6 heteroatoms. The number of carbonyl (C=O) groups excluding carboxylic acids is 1. The molecule has 31 heavy (non-hydrogen) atoms. The van der Waals surface area contributed by atoms with Gasteiger partial charge in [-0.15, -0.1) is 0 Å². The molecule has 1 unspecified atom stereocenters. The number of anilines is 1. The normalized spacial score (nSPS) is 19.1. The lowest BCUT2D eigenvalue weighted by molar-refractivity contribution is -0.146. The zero-order valence-corrected chi connectivity index (χ0v) is 17.9. The highest BCUT2D eigenvalue weighted by Crippen LogP contribution is 2.42. The summed E-state index contributed by atoms with van der Waals surface area (Å²) >= 11 is 0. The largest absolute Gasteiger partial charge is 0.496 e. The van der Waals surface area contributed by atoms with E-state index < -0.39 is 6.04 Å². The summed E-state index contributed by atoms with van der Waals surface area (Å²) in [4.78, 5) is 18.3. The average molecular weight is 418 g/mol. The lowest BCUT2D eigenvalue weighted by atomic mass is 9.93. The molecule has 1 aromatic heterocycles. The van der Waals surface area contributed by atoms with Crippen molar-refractivity contribution in [3.8, 4) is 5.75 Å². The molecule has 1 aliphatic carbocycles. The van der Waals surface area contributed by atoms with Crippen molar-refractivity contribution in [1.82, 2.24) is 9.55 Å². The molecule has 0 saturated heterocycles. The molecule has 1 fully saturated rings. The Bertz CT molecular complexity index is 1160. The second kappa shape index (κ2) is 8.10. The van der Waals surface area contributed by atoms with Crippen molar-refractivity contribution in [3.63, 3.8) is 0 Å². The maximum absolute atomic E-state index is 13.5. The summed E-state index contributed by atoms with van der Waals surface area (Å²) < 4.78 is 13.8. The van der Waals surface area contributed by atoms with Crippen LogP contribution in [0.2, 0.25) is 0 Å². The molecule has 1 saturated carbocycles. The van der Waals surface area contributed by atoms with E-state index in [1.54, 1.807) is 7.11 Å². The Balaban J connectivity index is 1.65. The number of nitrogens with one attached hydrogen (secondary N) is 1. The first-order valence-electron chi connectivity index (χ1n) is 11.0. The molecule has 0 bridgehead atoms. The summed E-state index contributed by atoms with van der Waals surface area (Å²) in [5, 5.41) is 3.34. The van der Waals surface area contributed by atoms with Crippen molar-refractivity contribution in [2.24, 2.45) is 0 Å². The molecule has 0 spiro atoms. The van der Waals surface area contributed by atoms with E-state index in [0.717, 1.165) is 53.7 Å². The third kappa shape index (κ3) is 3.46. The summed E-state index contributed by atoms with van der Waals surface area (Å²) in [6, 6.07) is 15.4. The molecular weight excluding hydrogens is 390 g/mol. The molecule has 1 N–H and O–H groups in total. The highest BCUT2D eigenvalue weighted by Gasteiger charge is 2.37. The first kappa shape index (κ1) is 19.7. The van der Waals surface area contributed by atoms with Gasteiger partial charge < -0.3 is 14.8 Å². The predicted molar refractivity (Wildman–Crippen MR) is 120 cm³/mol. The summed E-state index contributed by atoms with van der Waals surface area (Å²) in [6.45, 7) is 1.92. The molecule has 2 heterocycles. The minimum atomic E-state index is -0.393. The number of nitrogens with zero attached hydrogens (tertiary/aromatic N) is 2. The third-order valence-electron chi connectivity index (χ3n) is 6.31. The number of hydrogen-bond donors (Lipinski definition) is 1. The lowest BCUT2D eigenvalue weighted by Gasteiger charge is -2.32. The van der Waals surface area contributed by atoms with Gasteiger partial charge >= 0.3 is 5.97 Å². The SMILES string of the molecule is COc1ccccc1C1C(C(=O)OC2CCCCC2)=C(C)Nc2nc3ccccc3n21. The van der Waals surface area contributed by atoms with E-state index in [2.05, 4.69) is 9.88 Å². The van der Waals surface area contributed by atoms with Crippen LogP contribution in [-0.4, -0.2) is 28.7 Å². The van der Waals surface area contributed by atoms with Crippen LogP contribution in [0.3, 0.4) is 0 Å². The maximum Gasteiger partial charge on any atom is 0.338 e. The Labute approximate surface area is 181 Å². The van der Waals surface area contributed by atoms with Crippen LogP contribution in [0.1, 0.15) is 50.6 Å². The third-order valence-corrected chi connectivity index (χ3v) is 6.31. The van der Waals surface area contributed by atoms with Crippen LogP contribution in [0.4, 0.5) is 5.95 Å². The Morgan fingerprint density at radius 1 is 1.06 bits per heavy atom. The molecule has 5 rings (SSSR count). The Morgan fingerprint density at radius 2 is 1.81 bits per heavy atom. The maximum atomic E-state index is 13.5. The van der Waals surface area contributed by atoms with Gasteiger partial charge in [0.2, 0.25) is 5.95 Å². The molecule has 2 aromatic carbocycles. The van der Waals surface area contributed by atoms with Gasteiger partial charge in [-0.05, 0) is 50.8 Å². The van der Waals surface area contributed by atoms with E-state index >= 15 is 0 Å². The summed E-state index contributed by atoms with van der Waals surface area (Å²) in [5.74, 6) is 1.17. The van der Waals surface area contributed by atoms with Crippen molar-refractivity contribution in [2.45, 2.75) is 51.2 Å². The van der Waals surface area contributed by atoms with Gasteiger partial charge in [-0.25, -0.2) is 9.78 Å². The molecule has 160 valence electrons. The predicted octanol–water partition coefficient (Wildman–Crippen LogP) is 5.21. The van der Waals surface area contributed by atoms with Crippen LogP contribution in [0, 0.1) is 0 Å². The zero-order chi connectivity index (χ0) is 21.4. The summed E-state index contributed by atoms with van der Waals surface area (Å²) in [5.41, 5.74) is 4.10. The smallest absolute Gasteiger partial charge is 0.338 e. The van der Waals surface area contributed by atoms with Crippen LogP contribution < -0.4 is 10.1 Å². The van der Waals surface area contributed by atoms with Gasteiger partial charge in [0.25, 0.3) is 0 Å². The van der Waals surface area contributed by atoms with E-state index in [1.165, 1.54) is 6.42 Å². The number of methoxy groups -OCH3 is 1. The van der Waals surface area contributed by atoms with E-state index in [0.29, 0.717) is 11.5 Å². The van der Waals surface area contributed by atoms with Crippen LogP contribution in [0.25, 0.3) is 11.0 Å².